The Balaban J connectivity index is 1.86. The molecule has 9 nitrogen and oxygen atoms in total. The van der Waals surface area contributed by atoms with Crippen LogP contribution in [-0.2, 0) is 4.79 Å². The fourth-order valence-electron chi connectivity index (χ4n) is 3.29. The molecule has 2 N–H and O–H groups in total. The van der Waals surface area contributed by atoms with Gasteiger partial charge in [-0.2, -0.15) is 0 Å². The Kier molecular flexibility index (Phi) is 5.72. The van der Waals surface area contributed by atoms with Gasteiger partial charge in [0.1, 0.15) is 6.33 Å². The lowest BCUT2D eigenvalue weighted by atomic mass is 9.97. The minimum absolute atomic E-state index is 0.118. The predicted octanol–water partition coefficient (Wildman–Crippen LogP) is 3.55. The number of carboxylic acids is 1. The number of piperidine rings is 1. The molecule has 1 aliphatic rings. The van der Waals surface area contributed by atoms with Gasteiger partial charge in [0.15, 0.2) is 0 Å². The van der Waals surface area contributed by atoms with Crippen molar-refractivity contribution in [3.05, 3.63) is 46.3 Å². The first-order chi connectivity index (χ1) is 13.4. The molecule has 0 amide bonds. The van der Waals surface area contributed by atoms with E-state index in [2.05, 4.69) is 29.1 Å². The summed E-state index contributed by atoms with van der Waals surface area (Å²) in [5.41, 5.74) is 1.66. The van der Waals surface area contributed by atoms with Crippen LogP contribution in [0.5, 0.6) is 0 Å². The average Bonchev–Trinajstić information content (AvgIpc) is 2.68. The van der Waals surface area contributed by atoms with Crippen LogP contribution >= 0.6 is 0 Å². The van der Waals surface area contributed by atoms with E-state index in [1.54, 1.807) is 4.90 Å². The Morgan fingerprint density at radius 2 is 1.89 bits per heavy atom. The fraction of sp³-hybridized carbons (Fsp3) is 0.421. The van der Waals surface area contributed by atoms with Crippen molar-refractivity contribution in [3.8, 4) is 0 Å². The van der Waals surface area contributed by atoms with Gasteiger partial charge in [0.05, 0.1) is 10.8 Å². The van der Waals surface area contributed by atoms with E-state index in [1.165, 1.54) is 11.9 Å². The summed E-state index contributed by atoms with van der Waals surface area (Å²) >= 11 is 0. The fourth-order valence-corrected chi connectivity index (χ4v) is 3.29. The first-order valence-corrected chi connectivity index (χ1v) is 9.21. The number of hydrogen-bond acceptors (Lipinski definition) is 7. The van der Waals surface area contributed by atoms with Crippen molar-refractivity contribution in [2.75, 3.05) is 23.3 Å². The Morgan fingerprint density at radius 1 is 1.25 bits per heavy atom. The van der Waals surface area contributed by atoms with Crippen molar-refractivity contribution < 1.29 is 14.8 Å². The normalized spacial score (nSPS) is 14.9. The molecule has 0 aliphatic carbocycles. The van der Waals surface area contributed by atoms with E-state index in [-0.39, 0.29) is 17.3 Å². The van der Waals surface area contributed by atoms with E-state index in [0.717, 1.165) is 0 Å². The molecule has 1 aromatic carbocycles. The molecule has 0 unspecified atom stereocenters. The second-order valence-corrected chi connectivity index (χ2v) is 7.15. The van der Waals surface area contributed by atoms with Gasteiger partial charge >= 0.3 is 11.7 Å². The molecule has 1 fully saturated rings. The van der Waals surface area contributed by atoms with Gasteiger partial charge in [0, 0.05) is 18.8 Å². The molecule has 1 saturated heterocycles. The SMILES string of the molecule is CC(C)c1ccc(Nc2ncnc(N3CCC(C(=O)O)CC3)c2[N+](=O)[O-])cc1. The maximum absolute atomic E-state index is 11.8. The number of benzene rings is 1. The molecule has 148 valence electrons. The van der Waals surface area contributed by atoms with Crippen molar-refractivity contribution in [1.82, 2.24) is 9.97 Å². The number of anilines is 3. The first kappa shape index (κ1) is 19.5. The lowest BCUT2D eigenvalue weighted by Crippen LogP contribution is -2.37. The van der Waals surface area contributed by atoms with Crippen LogP contribution in [0.3, 0.4) is 0 Å². The molecule has 3 rings (SSSR count). The van der Waals surface area contributed by atoms with Crippen LogP contribution in [-0.4, -0.2) is 39.1 Å². The number of hydrogen-bond donors (Lipinski definition) is 2. The summed E-state index contributed by atoms with van der Waals surface area (Å²) in [4.78, 5) is 32.3. The number of nitrogens with zero attached hydrogens (tertiary/aromatic N) is 4. The molecule has 9 heteroatoms. The van der Waals surface area contributed by atoms with Crippen molar-refractivity contribution in [2.24, 2.45) is 5.92 Å². The quantitative estimate of drug-likeness (QED) is 0.572. The van der Waals surface area contributed by atoms with E-state index >= 15 is 0 Å². The van der Waals surface area contributed by atoms with Crippen molar-refractivity contribution in [3.63, 3.8) is 0 Å². The lowest BCUT2D eigenvalue weighted by Gasteiger charge is -2.30. The number of aliphatic carboxylic acids is 1. The maximum atomic E-state index is 11.8. The predicted molar refractivity (Wildman–Crippen MR) is 105 cm³/mol. The van der Waals surface area contributed by atoms with Crippen LogP contribution in [0.15, 0.2) is 30.6 Å². The third-order valence-corrected chi connectivity index (χ3v) is 4.97. The van der Waals surface area contributed by atoms with Gasteiger partial charge in [-0.1, -0.05) is 26.0 Å². The minimum Gasteiger partial charge on any atom is -0.481 e. The highest BCUT2D eigenvalue weighted by molar-refractivity contribution is 5.75. The van der Waals surface area contributed by atoms with E-state index in [1.807, 2.05) is 24.3 Å². The minimum atomic E-state index is -0.830. The summed E-state index contributed by atoms with van der Waals surface area (Å²) in [6.07, 6.45) is 2.14. The Hall–Kier alpha value is -3.23. The van der Waals surface area contributed by atoms with Crippen molar-refractivity contribution >= 4 is 29.0 Å². The number of aromatic nitrogens is 2. The third-order valence-electron chi connectivity index (χ3n) is 4.97. The van der Waals surface area contributed by atoms with Gasteiger partial charge in [0.2, 0.25) is 11.6 Å². The zero-order valence-electron chi connectivity index (χ0n) is 15.8. The van der Waals surface area contributed by atoms with Crippen LogP contribution in [0.1, 0.15) is 38.2 Å². The van der Waals surface area contributed by atoms with Gasteiger partial charge in [-0.15, -0.1) is 0 Å². The first-order valence-electron chi connectivity index (χ1n) is 9.21. The zero-order chi connectivity index (χ0) is 20.3. The Morgan fingerprint density at radius 3 is 2.43 bits per heavy atom. The molecule has 0 radical (unpaired) electrons. The molecule has 28 heavy (non-hydrogen) atoms. The highest BCUT2D eigenvalue weighted by atomic mass is 16.6. The zero-order valence-corrected chi connectivity index (χ0v) is 15.8. The highest BCUT2D eigenvalue weighted by Crippen LogP contribution is 2.35. The summed E-state index contributed by atoms with van der Waals surface area (Å²) in [6.45, 7) is 4.99. The monoisotopic (exact) mass is 385 g/mol. The maximum Gasteiger partial charge on any atom is 0.353 e. The Bertz CT molecular complexity index is 861. The molecule has 1 aromatic heterocycles. The van der Waals surface area contributed by atoms with Gasteiger partial charge in [-0.25, -0.2) is 9.97 Å². The standard InChI is InChI=1S/C19H23N5O4/c1-12(2)13-3-5-15(6-4-13)22-17-16(24(27)28)18(21-11-20-17)23-9-7-14(8-10-23)19(25)26/h3-6,11-12,14H,7-10H2,1-2H3,(H,25,26)(H,20,21,22). The van der Waals surface area contributed by atoms with E-state index in [0.29, 0.717) is 37.5 Å². The molecule has 0 saturated carbocycles. The number of nitro groups is 1. The van der Waals surface area contributed by atoms with Crippen LogP contribution in [0.4, 0.5) is 23.0 Å². The highest BCUT2D eigenvalue weighted by Gasteiger charge is 2.31. The van der Waals surface area contributed by atoms with E-state index < -0.39 is 16.8 Å². The number of rotatable bonds is 6. The van der Waals surface area contributed by atoms with Crippen molar-refractivity contribution in [2.45, 2.75) is 32.6 Å². The van der Waals surface area contributed by atoms with Gasteiger partial charge in [-0.05, 0) is 36.5 Å². The number of carboxylic acid groups (broad SMARTS) is 1. The third kappa shape index (κ3) is 4.19. The smallest absolute Gasteiger partial charge is 0.353 e. The molecule has 2 heterocycles. The van der Waals surface area contributed by atoms with E-state index in [9.17, 15) is 14.9 Å². The van der Waals surface area contributed by atoms with Crippen LogP contribution in [0, 0.1) is 16.0 Å². The molecule has 0 atom stereocenters. The van der Waals surface area contributed by atoms with E-state index in [4.69, 9.17) is 5.11 Å². The number of carbonyl (C=O) groups is 1. The van der Waals surface area contributed by atoms with Gasteiger partial charge in [-0.3, -0.25) is 14.9 Å². The molecule has 0 bridgehead atoms. The van der Waals surface area contributed by atoms with Gasteiger partial charge < -0.3 is 15.3 Å². The molecule has 0 spiro atoms. The number of nitrogens with one attached hydrogen (secondary N) is 1. The topological polar surface area (TPSA) is 121 Å². The van der Waals surface area contributed by atoms with Crippen LogP contribution < -0.4 is 10.2 Å². The summed E-state index contributed by atoms with van der Waals surface area (Å²) in [5.74, 6) is -0.529. The summed E-state index contributed by atoms with van der Waals surface area (Å²) in [6, 6.07) is 7.66. The molecule has 1 aliphatic heterocycles. The average molecular weight is 385 g/mol. The summed E-state index contributed by atoms with van der Waals surface area (Å²) in [7, 11) is 0. The Labute approximate surface area is 162 Å². The second-order valence-electron chi connectivity index (χ2n) is 7.15. The lowest BCUT2D eigenvalue weighted by molar-refractivity contribution is -0.383. The van der Waals surface area contributed by atoms with Crippen molar-refractivity contribution in [1.29, 1.82) is 0 Å². The summed E-state index contributed by atoms with van der Waals surface area (Å²) < 4.78 is 0. The van der Waals surface area contributed by atoms with Crippen LogP contribution in [0.2, 0.25) is 0 Å². The molecular weight excluding hydrogens is 362 g/mol. The summed E-state index contributed by atoms with van der Waals surface area (Å²) in [5, 5.41) is 23.9. The molecular formula is C19H23N5O4. The van der Waals surface area contributed by atoms with Crippen LogP contribution in [0.25, 0.3) is 0 Å². The largest absolute Gasteiger partial charge is 0.481 e. The second kappa shape index (κ2) is 8.20. The van der Waals surface area contributed by atoms with Gasteiger partial charge in [0.25, 0.3) is 0 Å². The molecule has 2 aromatic rings.